The van der Waals surface area contributed by atoms with Crippen LogP contribution < -0.4 is 15.5 Å². The van der Waals surface area contributed by atoms with Gasteiger partial charge in [0.25, 0.3) is 0 Å². The third-order valence-corrected chi connectivity index (χ3v) is 5.46. The largest absolute Gasteiger partial charge is 0.481 e. The number of amides is 2. The summed E-state index contributed by atoms with van der Waals surface area (Å²) in [6, 6.07) is 15.6. The lowest BCUT2D eigenvalue weighted by Crippen LogP contribution is -2.44. The molecule has 1 aliphatic rings. The number of carboxylic acids is 1. The van der Waals surface area contributed by atoms with Crippen LogP contribution in [-0.2, 0) is 14.4 Å². The number of carbonyl (C=O) groups excluding carboxylic acids is 2. The topological polar surface area (TPSA) is 98.7 Å². The van der Waals surface area contributed by atoms with Gasteiger partial charge in [-0.25, -0.2) is 0 Å². The Hall–Kier alpha value is -3.35. The van der Waals surface area contributed by atoms with Gasteiger partial charge in [-0.2, -0.15) is 0 Å². The summed E-state index contributed by atoms with van der Waals surface area (Å²) in [4.78, 5) is 36.8. The molecule has 2 aromatic carbocycles. The number of fused-ring (bicyclic) bond motifs is 1. The van der Waals surface area contributed by atoms with Crippen molar-refractivity contribution < 1.29 is 19.5 Å². The predicted molar refractivity (Wildman–Crippen MR) is 121 cm³/mol. The molecular formula is C24H29N3O4. The van der Waals surface area contributed by atoms with Gasteiger partial charge in [0, 0.05) is 42.4 Å². The molecule has 0 bridgehead atoms. The zero-order valence-corrected chi connectivity index (χ0v) is 17.9. The van der Waals surface area contributed by atoms with Crippen molar-refractivity contribution in [1.29, 1.82) is 0 Å². The Morgan fingerprint density at radius 1 is 1.03 bits per heavy atom. The molecule has 164 valence electrons. The summed E-state index contributed by atoms with van der Waals surface area (Å²) in [7, 11) is 0. The Kier molecular flexibility index (Phi) is 7.28. The SMILES string of the molecule is CCC(=O)N1c2ccccc2[C@H](Nc2ccc(NC(=O)CCCC(=O)O)cc2)C[C@@H]1C. The first-order chi connectivity index (χ1) is 14.9. The fraction of sp³-hybridized carbons (Fsp3) is 0.375. The van der Waals surface area contributed by atoms with E-state index in [0.717, 1.165) is 23.4 Å². The molecule has 2 amide bonds. The molecule has 1 aliphatic heterocycles. The normalized spacial score (nSPS) is 17.5. The van der Waals surface area contributed by atoms with Gasteiger partial charge < -0.3 is 20.6 Å². The average molecular weight is 424 g/mol. The van der Waals surface area contributed by atoms with Crippen molar-refractivity contribution in [3.63, 3.8) is 0 Å². The van der Waals surface area contributed by atoms with Crippen molar-refractivity contribution in [3.05, 3.63) is 54.1 Å². The molecule has 7 heteroatoms. The maximum Gasteiger partial charge on any atom is 0.303 e. The molecule has 7 nitrogen and oxygen atoms in total. The number of nitrogens with zero attached hydrogens (tertiary/aromatic N) is 1. The van der Waals surface area contributed by atoms with Crippen LogP contribution in [0.3, 0.4) is 0 Å². The van der Waals surface area contributed by atoms with Gasteiger partial charge in [0.15, 0.2) is 0 Å². The molecule has 1 heterocycles. The molecule has 0 aromatic heterocycles. The van der Waals surface area contributed by atoms with Crippen molar-refractivity contribution in [2.45, 2.75) is 58.0 Å². The first-order valence-corrected chi connectivity index (χ1v) is 10.7. The molecule has 31 heavy (non-hydrogen) atoms. The van der Waals surface area contributed by atoms with E-state index in [9.17, 15) is 14.4 Å². The summed E-state index contributed by atoms with van der Waals surface area (Å²) in [5.74, 6) is -0.969. The summed E-state index contributed by atoms with van der Waals surface area (Å²) < 4.78 is 0. The van der Waals surface area contributed by atoms with Crippen molar-refractivity contribution in [1.82, 2.24) is 0 Å². The number of benzene rings is 2. The smallest absolute Gasteiger partial charge is 0.303 e. The van der Waals surface area contributed by atoms with Crippen molar-refractivity contribution >= 4 is 34.8 Å². The van der Waals surface area contributed by atoms with Gasteiger partial charge in [-0.1, -0.05) is 25.1 Å². The van der Waals surface area contributed by atoms with Crippen molar-refractivity contribution in [2.75, 3.05) is 15.5 Å². The Morgan fingerprint density at radius 3 is 2.39 bits per heavy atom. The second-order valence-corrected chi connectivity index (χ2v) is 7.83. The van der Waals surface area contributed by atoms with Crippen LogP contribution in [0.15, 0.2) is 48.5 Å². The van der Waals surface area contributed by atoms with Crippen LogP contribution in [0.25, 0.3) is 0 Å². The molecular weight excluding hydrogens is 394 g/mol. The van der Waals surface area contributed by atoms with E-state index in [1.54, 1.807) is 0 Å². The lowest BCUT2D eigenvalue weighted by molar-refractivity contribution is -0.137. The molecule has 3 rings (SSSR count). The summed E-state index contributed by atoms with van der Waals surface area (Å²) >= 11 is 0. The van der Waals surface area contributed by atoms with Crippen LogP contribution in [0.1, 0.15) is 57.6 Å². The average Bonchev–Trinajstić information content (AvgIpc) is 2.74. The quantitative estimate of drug-likeness (QED) is 0.578. The third-order valence-electron chi connectivity index (χ3n) is 5.46. The van der Waals surface area contributed by atoms with Crippen LogP contribution in [0.5, 0.6) is 0 Å². The van der Waals surface area contributed by atoms with E-state index >= 15 is 0 Å². The maximum absolute atomic E-state index is 12.5. The van der Waals surface area contributed by atoms with E-state index < -0.39 is 5.97 Å². The number of nitrogens with one attached hydrogen (secondary N) is 2. The second kappa shape index (κ2) is 10.1. The second-order valence-electron chi connectivity index (χ2n) is 7.83. The fourth-order valence-electron chi connectivity index (χ4n) is 3.97. The molecule has 3 N–H and O–H groups in total. The summed E-state index contributed by atoms with van der Waals surface area (Å²) in [5.41, 5.74) is 3.64. The van der Waals surface area contributed by atoms with Gasteiger partial charge in [-0.05, 0) is 55.7 Å². The Morgan fingerprint density at radius 2 is 1.71 bits per heavy atom. The Bertz CT molecular complexity index is 942. The molecule has 0 fully saturated rings. The predicted octanol–water partition coefficient (Wildman–Crippen LogP) is 4.57. The molecule has 0 aliphatic carbocycles. The minimum absolute atomic E-state index is 0.0150. The number of hydrogen-bond donors (Lipinski definition) is 3. The molecule has 2 atom stereocenters. The standard InChI is InChI=1S/C24H29N3O4/c1-3-23(29)27-16(2)15-20(19-7-4-5-8-21(19)27)25-17-11-13-18(14-12-17)26-22(28)9-6-10-24(30)31/h4-5,7-8,11-14,16,20,25H,3,6,9-10,15H2,1-2H3,(H,26,28)(H,30,31)/t16-,20+/m0/s1. The van der Waals surface area contributed by atoms with Gasteiger partial charge in [-0.15, -0.1) is 0 Å². The summed E-state index contributed by atoms with van der Waals surface area (Å²) in [6.45, 7) is 3.95. The van der Waals surface area contributed by atoms with Crippen molar-refractivity contribution in [2.24, 2.45) is 0 Å². The zero-order valence-electron chi connectivity index (χ0n) is 17.9. The molecule has 0 saturated carbocycles. The van der Waals surface area contributed by atoms with E-state index in [0.29, 0.717) is 18.5 Å². The van der Waals surface area contributed by atoms with E-state index in [-0.39, 0.29) is 36.7 Å². The minimum atomic E-state index is -0.899. The highest BCUT2D eigenvalue weighted by Gasteiger charge is 2.32. The number of hydrogen-bond acceptors (Lipinski definition) is 4. The summed E-state index contributed by atoms with van der Waals surface area (Å²) in [6.07, 6.45) is 1.75. The molecule has 0 radical (unpaired) electrons. The van der Waals surface area contributed by atoms with Crippen molar-refractivity contribution in [3.8, 4) is 0 Å². The number of para-hydroxylation sites is 1. The Balaban J connectivity index is 1.66. The number of rotatable bonds is 8. The number of aliphatic carboxylic acids is 1. The molecule has 0 saturated heterocycles. The van der Waals surface area contributed by atoms with Gasteiger partial charge in [0.2, 0.25) is 11.8 Å². The van der Waals surface area contributed by atoms with Gasteiger partial charge in [-0.3, -0.25) is 14.4 Å². The highest BCUT2D eigenvalue weighted by atomic mass is 16.4. The van der Waals surface area contributed by atoms with Crippen LogP contribution in [-0.4, -0.2) is 28.9 Å². The lowest BCUT2D eigenvalue weighted by Gasteiger charge is -2.40. The minimum Gasteiger partial charge on any atom is -0.481 e. The number of carboxylic acid groups (broad SMARTS) is 1. The lowest BCUT2D eigenvalue weighted by atomic mass is 9.91. The van der Waals surface area contributed by atoms with E-state index in [1.807, 2.05) is 54.3 Å². The van der Waals surface area contributed by atoms with Gasteiger partial charge in [0.1, 0.15) is 0 Å². The fourth-order valence-corrected chi connectivity index (χ4v) is 3.97. The highest BCUT2D eigenvalue weighted by Crippen LogP contribution is 2.39. The van der Waals surface area contributed by atoms with E-state index in [1.165, 1.54) is 0 Å². The van der Waals surface area contributed by atoms with Crippen LogP contribution >= 0.6 is 0 Å². The maximum atomic E-state index is 12.5. The van der Waals surface area contributed by atoms with Crippen LogP contribution in [0, 0.1) is 0 Å². The Labute approximate surface area is 182 Å². The highest BCUT2D eigenvalue weighted by molar-refractivity contribution is 5.95. The van der Waals surface area contributed by atoms with Gasteiger partial charge >= 0.3 is 5.97 Å². The van der Waals surface area contributed by atoms with Crippen LogP contribution in [0.2, 0.25) is 0 Å². The van der Waals surface area contributed by atoms with E-state index in [2.05, 4.69) is 23.6 Å². The van der Waals surface area contributed by atoms with Crippen LogP contribution in [0.4, 0.5) is 17.1 Å². The third kappa shape index (κ3) is 5.63. The van der Waals surface area contributed by atoms with Gasteiger partial charge in [0.05, 0.1) is 6.04 Å². The first-order valence-electron chi connectivity index (χ1n) is 10.7. The zero-order chi connectivity index (χ0) is 22.4. The number of carbonyl (C=O) groups is 3. The molecule has 2 aromatic rings. The van der Waals surface area contributed by atoms with E-state index in [4.69, 9.17) is 5.11 Å². The number of anilines is 3. The molecule has 0 unspecified atom stereocenters. The monoisotopic (exact) mass is 423 g/mol. The first kappa shape index (κ1) is 22.3. The summed E-state index contributed by atoms with van der Waals surface area (Å²) in [5, 5.41) is 15.0. The molecule has 0 spiro atoms.